The maximum absolute atomic E-state index is 12.1. The van der Waals surface area contributed by atoms with Gasteiger partial charge in [0, 0.05) is 21.6 Å². The first kappa shape index (κ1) is 14.4. The molecule has 0 unspecified atom stereocenters. The van der Waals surface area contributed by atoms with Crippen molar-refractivity contribution in [1.82, 2.24) is 9.71 Å². The number of anilines is 1. The van der Waals surface area contributed by atoms with Crippen molar-refractivity contribution in [2.75, 3.05) is 5.73 Å². The Hall–Kier alpha value is -0.960. The molecular weight excluding hydrogens is 350 g/mol. The number of sulfonamides is 1. The molecule has 0 radical (unpaired) electrons. The van der Waals surface area contributed by atoms with Crippen LogP contribution < -0.4 is 10.5 Å². The van der Waals surface area contributed by atoms with Crippen LogP contribution in [0, 0.1) is 6.92 Å². The Morgan fingerprint density at radius 1 is 1.47 bits per heavy atom. The number of aryl methyl sites for hydroxylation is 1. The molecule has 0 spiro atoms. The molecule has 102 valence electrons. The zero-order valence-electron chi connectivity index (χ0n) is 10.1. The first-order valence-corrected chi connectivity index (χ1v) is 8.49. The molecule has 0 fully saturated rings. The van der Waals surface area contributed by atoms with E-state index < -0.39 is 10.0 Å². The van der Waals surface area contributed by atoms with Crippen LogP contribution in [-0.4, -0.2) is 13.4 Å². The zero-order chi connectivity index (χ0) is 14.0. The molecule has 0 bridgehead atoms. The monoisotopic (exact) mass is 361 g/mol. The van der Waals surface area contributed by atoms with Gasteiger partial charge in [-0.1, -0.05) is 0 Å². The van der Waals surface area contributed by atoms with Crippen molar-refractivity contribution in [3.63, 3.8) is 0 Å². The fourth-order valence-corrected chi connectivity index (χ4v) is 3.51. The fraction of sp³-hybridized carbons (Fsp3) is 0.182. The molecule has 1 aromatic heterocycles. The predicted molar refractivity (Wildman–Crippen MR) is 79.4 cm³/mol. The lowest BCUT2D eigenvalue weighted by Gasteiger charge is -2.07. The number of nitrogens with two attached hydrogens (primary N) is 1. The molecule has 0 atom stereocenters. The van der Waals surface area contributed by atoms with Gasteiger partial charge in [0.15, 0.2) is 0 Å². The van der Waals surface area contributed by atoms with Crippen LogP contribution in [0.2, 0.25) is 0 Å². The lowest BCUT2D eigenvalue weighted by molar-refractivity contribution is 0.581. The van der Waals surface area contributed by atoms with Gasteiger partial charge in [-0.15, -0.1) is 11.3 Å². The topological polar surface area (TPSA) is 85.1 Å². The second-order valence-corrected chi connectivity index (χ2v) is 7.43. The van der Waals surface area contributed by atoms with E-state index in [-0.39, 0.29) is 11.4 Å². The highest BCUT2D eigenvalue weighted by Crippen LogP contribution is 2.23. The molecule has 5 nitrogen and oxygen atoms in total. The molecule has 1 heterocycles. The maximum Gasteiger partial charge on any atom is 0.240 e. The largest absolute Gasteiger partial charge is 0.398 e. The van der Waals surface area contributed by atoms with Crippen molar-refractivity contribution in [1.29, 1.82) is 0 Å². The van der Waals surface area contributed by atoms with E-state index in [1.54, 1.807) is 11.6 Å². The second kappa shape index (κ2) is 5.58. The molecule has 0 aliphatic heterocycles. The van der Waals surface area contributed by atoms with Gasteiger partial charge in [-0.2, -0.15) is 0 Å². The smallest absolute Gasteiger partial charge is 0.240 e. The highest BCUT2D eigenvalue weighted by molar-refractivity contribution is 9.10. The van der Waals surface area contributed by atoms with Gasteiger partial charge in [-0.25, -0.2) is 18.1 Å². The summed E-state index contributed by atoms with van der Waals surface area (Å²) >= 11 is 4.65. The molecular formula is C11H12BrN3O2S2. The minimum Gasteiger partial charge on any atom is -0.398 e. The highest BCUT2D eigenvalue weighted by Gasteiger charge is 2.15. The summed E-state index contributed by atoms with van der Waals surface area (Å²) in [5.74, 6) is 0. The minimum atomic E-state index is -3.56. The maximum atomic E-state index is 12.1. The van der Waals surface area contributed by atoms with E-state index in [0.29, 0.717) is 10.2 Å². The van der Waals surface area contributed by atoms with Gasteiger partial charge in [-0.05, 0) is 41.1 Å². The van der Waals surface area contributed by atoms with Gasteiger partial charge in [0.05, 0.1) is 16.1 Å². The molecule has 0 saturated carbocycles. The number of nitrogen functional groups attached to an aromatic ring is 1. The molecule has 0 aliphatic rings. The molecule has 2 aromatic rings. The zero-order valence-corrected chi connectivity index (χ0v) is 13.3. The van der Waals surface area contributed by atoms with E-state index in [4.69, 9.17) is 5.73 Å². The first-order chi connectivity index (χ1) is 8.90. The number of nitrogens with zero attached hydrogens (tertiary/aromatic N) is 1. The van der Waals surface area contributed by atoms with E-state index in [1.165, 1.54) is 23.5 Å². The fourth-order valence-electron chi connectivity index (χ4n) is 1.43. The van der Waals surface area contributed by atoms with Gasteiger partial charge < -0.3 is 5.73 Å². The number of thiazole rings is 1. The Morgan fingerprint density at radius 2 is 2.21 bits per heavy atom. The molecule has 0 amide bonds. The van der Waals surface area contributed by atoms with Gasteiger partial charge >= 0.3 is 0 Å². The van der Waals surface area contributed by atoms with Crippen molar-refractivity contribution in [2.24, 2.45) is 0 Å². The number of hydrogen-bond donors (Lipinski definition) is 2. The molecule has 0 aliphatic carbocycles. The summed E-state index contributed by atoms with van der Waals surface area (Å²) in [5, 5.41) is 0. The van der Waals surface area contributed by atoms with Crippen LogP contribution in [0.15, 0.2) is 33.1 Å². The Morgan fingerprint density at radius 3 is 2.79 bits per heavy atom. The van der Waals surface area contributed by atoms with Crippen molar-refractivity contribution >= 4 is 43.0 Å². The van der Waals surface area contributed by atoms with E-state index in [2.05, 4.69) is 25.6 Å². The van der Waals surface area contributed by atoms with E-state index in [1.807, 2.05) is 6.92 Å². The lowest BCUT2D eigenvalue weighted by Crippen LogP contribution is -2.23. The van der Waals surface area contributed by atoms with E-state index in [9.17, 15) is 8.42 Å². The van der Waals surface area contributed by atoms with Crippen LogP contribution in [0.4, 0.5) is 5.69 Å². The number of benzene rings is 1. The standard InChI is InChI=1S/C11H12BrN3O2S2/c1-7-11(18-6-14-7)5-15-19(16,17)8-2-3-9(12)10(13)4-8/h2-4,6,15H,5,13H2,1H3. The Bertz CT molecular complexity index is 698. The van der Waals surface area contributed by atoms with Gasteiger partial charge in [0.1, 0.15) is 0 Å². The van der Waals surface area contributed by atoms with Crippen molar-refractivity contribution in [2.45, 2.75) is 18.4 Å². The molecule has 19 heavy (non-hydrogen) atoms. The van der Waals surface area contributed by atoms with Crippen LogP contribution >= 0.6 is 27.3 Å². The summed E-state index contributed by atoms with van der Waals surface area (Å²) in [6.07, 6.45) is 0. The number of hydrogen-bond acceptors (Lipinski definition) is 5. The molecule has 2 rings (SSSR count). The Kier molecular flexibility index (Phi) is 4.24. The Labute approximate surface area is 124 Å². The first-order valence-electron chi connectivity index (χ1n) is 5.34. The number of halogens is 1. The van der Waals surface area contributed by atoms with Crippen molar-refractivity contribution in [3.05, 3.63) is 38.8 Å². The molecule has 1 aromatic carbocycles. The minimum absolute atomic E-state index is 0.148. The Balaban J connectivity index is 2.18. The SMILES string of the molecule is Cc1ncsc1CNS(=O)(=O)c1ccc(Br)c(N)c1. The highest BCUT2D eigenvalue weighted by atomic mass is 79.9. The summed E-state index contributed by atoms with van der Waals surface area (Å²) in [6, 6.07) is 4.54. The number of rotatable bonds is 4. The number of aromatic nitrogens is 1. The van der Waals surface area contributed by atoms with E-state index >= 15 is 0 Å². The van der Waals surface area contributed by atoms with Crippen LogP contribution in [0.1, 0.15) is 10.6 Å². The van der Waals surface area contributed by atoms with Gasteiger partial charge in [0.25, 0.3) is 0 Å². The third-order valence-electron chi connectivity index (χ3n) is 2.55. The van der Waals surface area contributed by atoms with Crippen molar-refractivity contribution < 1.29 is 8.42 Å². The second-order valence-electron chi connectivity index (χ2n) is 3.87. The predicted octanol–water partition coefficient (Wildman–Crippen LogP) is 2.27. The summed E-state index contributed by atoms with van der Waals surface area (Å²) in [5.41, 5.74) is 8.60. The van der Waals surface area contributed by atoms with Crippen LogP contribution in [0.3, 0.4) is 0 Å². The van der Waals surface area contributed by atoms with E-state index in [0.717, 1.165) is 10.6 Å². The third kappa shape index (κ3) is 3.33. The van der Waals surface area contributed by atoms with Crippen LogP contribution in [0.5, 0.6) is 0 Å². The van der Waals surface area contributed by atoms with Crippen LogP contribution in [-0.2, 0) is 16.6 Å². The normalized spacial score (nSPS) is 11.7. The van der Waals surface area contributed by atoms with Crippen LogP contribution in [0.25, 0.3) is 0 Å². The average molecular weight is 362 g/mol. The third-order valence-corrected chi connectivity index (χ3v) is 5.60. The number of nitrogens with one attached hydrogen (secondary N) is 1. The van der Waals surface area contributed by atoms with Gasteiger partial charge in [0.2, 0.25) is 10.0 Å². The van der Waals surface area contributed by atoms with Crippen molar-refractivity contribution in [3.8, 4) is 0 Å². The van der Waals surface area contributed by atoms with Gasteiger partial charge in [-0.3, -0.25) is 0 Å². The molecule has 8 heteroatoms. The summed E-state index contributed by atoms with van der Waals surface area (Å²) < 4.78 is 27.4. The summed E-state index contributed by atoms with van der Waals surface area (Å²) in [4.78, 5) is 5.12. The summed E-state index contributed by atoms with van der Waals surface area (Å²) in [6.45, 7) is 2.08. The average Bonchev–Trinajstić information content (AvgIpc) is 2.76. The lowest BCUT2D eigenvalue weighted by atomic mass is 10.3. The molecule has 3 N–H and O–H groups in total. The quantitative estimate of drug-likeness (QED) is 0.818. The molecule has 0 saturated heterocycles. The summed E-state index contributed by atoms with van der Waals surface area (Å²) in [7, 11) is -3.56.